The number of pyridine rings is 1. The summed E-state index contributed by atoms with van der Waals surface area (Å²) >= 11 is 0. The molecular weight excluding hydrogens is 799 g/mol. The Hall–Kier alpha value is -5.84. The van der Waals surface area contributed by atoms with E-state index in [2.05, 4.69) is 48.2 Å². The predicted octanol–water partition coefficient (Wildman–Crippen LogP) is 6.24. The molecule has 1 amide bonds. The number of nitrogens with one attached hydrogen (secondary N) is 2. The van der Waals surface area contributed by atoms with Gasteiger partial charge in [0.2, 0.25) is 5.91 Å². The molecule has 1 atom stereocenters. The molecule has 3 aromatic carbocycles. The number of carbonyl (C=O) groups excluding carboxylic acids is 2. The number of nitro benzene ring substituents is 1. The van der Waals surface area contributed by atoms with E-state index in [4.69, 9.17) is 9.47 Å². The van der Waals surface area contributed by atoms with Crippen LogP contribution in [0.4, 0.5) is 17.1 Å². The van der Waals surface area contributed by atoms with Gasteiger partial charge in [0.1, 0.15) is 28.6 Å². The number of benzene rings is 3. The summed E-state index contributed by atoms with van der Waals surface area (Å²) < 4.78 is 39.3. The van der Waals surface area contributed by atoms with Gasteiger partial charge in [-0.05, 0) is 85.5 Å². The minimum absolute atomic E-state index is 0.0578. The fourth-order valence-corrected chi connectivity index (χ4v) is 9.96. The minimum atomic E-state index is -4.31. The molecule has 15 nitrogen and oxygen atoms in total. The summed E-state index contributed by atoms with van der Waals surface area (Å²) in [4.78, 5) is 52.8. The van der Waals surface area contributed by atoms with Crippen molar-refractivity contribution in [3.8, 4) is 11.5 Å². The van der Waals surface area contributed by atoms with Gasteiger partial charge in [-0.25, -0.2) is 13.4 Å². The highest BCUT2D eigenvalue weighted by Gasteiger charge is 2.39. The summed E-state index contributed by atoms with van der Waals surface area (Å²) in [5.41, 5.74) is 3.90. The summed E-state index contributed by atoms with van der Waals surface area (Å²) in [5, 5.41) is 16.0. The number of hydrogen-bond donors (Lipinski definition) is 2. The average Bonchev–Trinajstić information content (AvgIpc) is 4.02. The molecule has 0 radical (unpaired) electrons. The number of piperazine rings is 1. The highest BCUT2D eigenvalue weighted by atomic mass is 32.2. The Morgan fingerprint density at radius 2 is 1.74 bits per heavy atom. The van der Waals surface area contributed by atoms with Crippen LogP contribution in [0.25, 0.3) is 11.0 Å². The number of nitro groups is 1. The second-order valence-electron chi connectivity index (χ2n) is 16.6. The van der Waals surface area contributed by atoms with Crippen molar-refractivity contribution in [3.05, 3.63) is 112 Å². The summed E-state index contributed by atoms with van der Waals surface area (Å²) in [6.07, 6.45) is 7.73. The largest absolute Gasteiger partial charge is 0.455 e. The molecule has 3 fully saturated rings. The second-order valence-corrected chi connectivity index (χ2v) is 18.6. The molecule has 2 N–H and O–H groups in total. The molecule has 16 heteroatoms. The van der Waals surface area contributed by atoms with Crippen LogP contribution in [0, 0.1) is 22.0 Å². The van der Waals surface area contributed by atoms with Gasteiger partial charge in [0.25, 0.3) is 5.69 Å². The maximum Gasteiger partial charge on any atom is 0.293 e. The van der Waals surface area contributed by atoms with E-state index in [0.717, 1.165) is 68.9 Å². The van der Waals surface area contributed by atoms with Crippen LogP contribution in [0.5, 0.6) is 11.5 Å². The Morgan fingerprint density at radius 1 is 0.951 bits per heavy atom. The number of H-pyrrole nitrogens is 1. The molecule has 0 unspecified atom stereocenters. The lowest BCUT2D eigenvalue weighted by Crippen LogP contribution is -2.54. The van der Waals surface area contributed by atoms with Crippen molar-refractivity contribution in [3.63, 3.8) is 0 Å². The normalized spacial score (nSPS) is 18.8. The molecular formula is C45H49N7O8S. The maximum atomic E-state index is 14.0. The molecule has 4 aliphatic rings. The van der Waals surface area contributed by atoms with Gasteiger partial charge in [-0.15, -0.1) is 0 Å². The van der Waals surface area contributed by atoms with Crippen molar-refractivity contribution in [2.45, 2.75) is 49.6 Å². The first-order valence-electron chi connectivity index (χ1n) is 21.0. The quantitative estimate of drug-likeness (QED) is 0.0731. The first kappa shape index (κ1) is 40.6. The van der Waals surface area contributed by atoms with E-state index < -0.39 is 26.3 Å². The molecule has 2 saturated heterocycles. The van der Waals surface area contributed by atoms with Crippen LogP contribution in [0.2, 0.25) is 0 Å². The standard InChI is InChI=1S/C45H49N7O8S/c53-42(29-61(57,58)38-8-10-40(41(24-38)52(55)56)47-25-30-12-19-59-20-13-30)39-9-7-35(23-43(39)60-37-22-33-11-14-46-44(33)48-26-37)50-17-15-49(16-18-50)28-36-21-32-3-1-2-4-34(32)27-51(36)45(54)31-5-6-31/h1-4,7-11,14,22-24,26,30-31,36,47H,5-6,12-13,15-21,25,27-29H2,(H,46,48)/t36-/m0/s1. The van der Waals surface area contributed by atoms with Gasteiger partial charge in [0.15, 0.2) is 15.6 Å². The Kier molecular flexibility index (Phi) is 11.5. The van der Waals surface area contributed by atoms with E-state index in [1.807, 2.05) is 12.1 Å². The van der Waals surface area contributed by atoms with Crippen molar-refractivity contribution >= 4 is 49.6 Å². The zero-order valence-corrected chi connectivity index (χ0v) is 34.6. The number of ketones is 1. The number of sulfone groups is 1. The van der Waals surface area contributed by atoms with Gasteiger partial charge in [0, 0.05) is 100 Å². The number of fused-ring (bicyclic) bond motifs is 2. The van der Waals surface area contributed by atoms with Crippen LogP contribution < -0.4 is 15.0 Å². The Labute approximate surface area is 354 Å². The van der Waals surface area contributed by atoms with Gasteiger partial charge in [-0.1, -0.05) is 24.3 Å². The van der Waals surface area contributed by atoms with E-state index in [9.17, 15) is 28.1 Å². The lowest BCUT2D eigenvalue weighted by atomic mass is 9.93. The lowest BCUT2D eigenvalue weighted by molar-refractivity contribution is -0.384. The van der Waals surface area contributed by atoms with E-state index in [1.165, 1.54) is 29.5 Å². The smallest absolute Gasteiger partial charge is 0.293 e. The maximum absolute atomic E-state index is 14.0. The fourth-order valence-electron chi connectivity index (χ4n) is 8.73. The van der Waals surface area contributed by atoms with Crippen molar-refractivity contribution in [2.75, 3.05) is 68.5 Å². The topological polar surface area (TPSA) is 180 Å². The monoisotopic (exact) mass is 847 g/mol. The molecule has 1 saturated carbocycles. The molecule has 0 bridgehead atoms. The average molecular weight is 848 g/mol. The van der Waals surface area contributed by atoms with Crippen LogP contribution in [-0.2, 0) is 32.3 Å². The lowest BCUT2D eigenvalue weighted by Gasteiger charge is -2.42. The number of rotatable bonds is 14. The summed E-state index contributed by atoms with van der Waals surface area (Å²) in [6.45, 7) is 6.10. The van der Waals surface area contributed by atoms with Crippen LogP contribution in [0.1, 0.15) is 47.2 Å². The van der Waals surface area contributed by atoms with E-state index >= 15 is 0 Å². The zero-order chi connectivity index (χ0) is 42.1. The van der Waals surface area contributed by atoms with Crippen LogP contribution in [0.3, 0.4) is 0 Å². The molecule has 3 aliphatic heterocycles. The molecule has 9 rings (SSSR count). The Morgan fingerprint density at radius 3 is 2.51 bits per heavy atom. The third-order valence-electron chi connectivity index (χ3n) is 12.4. The first-order valence-corrected chi connectivity index (χ1v) is 22.7. The van der Waals surface area contributed by atoms with Gasteiger partial charge in [-0.3, -0.25) is 24.6 Å². The van der Waals surface area contributed by atoms with Gasteiger partial charge < -0.3 is 29.6 Å². The molecule has 0 spiro atoms. The molecule has 2 aromatic heterocycles. The summed E-state index contributed by atoms with van der Waals surface area (Å²) in [5.74, 6) is -0.398. The Bertz CT molecular complexity index is 2560. The number of hydrogen-bond acceptors (Lipinski definition) is 12. The molecule has 5 aromatic rings. The van der Waals surface area contributed by atoms with Gasteiger partial charge in [-0.2, -0.15) is 0 Å². The molecule has 5 heterocycles. The second kappa shape index (κ2) is 17.3. The van der Waals surface area contributed by atoms with E-state index in [1.54, 1.807) is 30.5 Å². The number of anilines is 2. The molecule has 61 heavy (non-hydrogen) atoms. The number of amides is 1. The summed E-state index contributed by atoms with van der Waals surface area (Å²) in [7, 11) is -4.31. The third kappa shape index (κ3) is 9.11. The number of carbonyl (C=O) groups is 2. The van der Waals surface area contributed by atoms with E-state index in [-0.39, 0.29) is 51.4 Å². The zero-order valence-electron chi connectivity index (χ0n) is 33.8. The number of aromatic amines is 1. The van der Waals surface area contributed by atoms with Crippen molar-refractivity contribution in [1.29, 1.82) is 0 Å². The van der Waals surface area contributed by atoms with Crippen molar-refractivity contribution in [2.24, 2.45) is 11.8 Å². The van der Waals surface area contributed by atoms with Crippen LogP contribution in [-0.4, -0.2) is 109 Å². The van der Waals surface area contributed by atoms with Crippen molar-refractivity contribution < 1.29 is 32.4 Å². The van der Waals surface area contributed by atoms with Crippen LogP contribution in [0.15, 0.2) is 90.1 Å². The summed E-state index contributed by atoms with van der Waals surface area (Å²) in [6, 6.07) is 21.0. The number of nitrogens with zero attached hydrogens (tertiary/aromatic N) is 5. The number of Topliss-reactive ketones (excluding diaryl/α,β-unsaturated/α-hetero) is 1. The van der Waals surface area contributed by atoms with Gasteiger partial charge >= 0.3 is 0 Å². The van der Waals surface area contributed by atoms with Crippen LogP contribution >= 0.6 is 0 Å². The van der Waals surface area contributed by atoms with E-state index in [0.29, 0.717) is 50.8 Å². The first-order chi connectivity index (χ1) is 29.6. The Balaban J connectivity index is 0.916. The molecule has 318 valence electrons. The van der Waals surface area contributed by atoms with Gasteiger partial charge in [0.05, 0.1) is 21.6 Å². The predicted molar refractivity (Wildman–Crippen MR) is 230 cm³/mol. The highest BCUT2D eigenvalue weighted by molar-refractivity contribution is 7.92. The highest BCUT2D eigenvalue weighted by Crippen LogP contribution is 2.36. The fraction of sp³-hybridized carbons (Fsp3) is 0.400. The number of aromatic nitrogens is 2. The minimum Gasteiger partial charge on any atom is -0.455 e. The van der Waals surface area contributed by atoms with Crippen molar-refractivity contribution in [1.82, 2.24) is 19.8 Å². The SMILES string of the molecule is O=C(CS(=O)(=O)c1ccc(NCC2CCOCC2)c([N+](=O)[O-])c1)c1ccc(N2CCN(C[C@@H]3Cc4ccccc4CN3C(=O)C3CC3)CC2)cc1Oc1cnc2[nH]ccc2c1. The number of ether oxygens (including phenoxy) is 2. The third-order valence-corrected chi connectivity index (χ3v) is 14.0. The molecule has 1 aliphatic carbocycles.